The van der Waals surface area contributed by atoms with Crippen molar-refractivity contribution in [2.45, 2.75) is 25.8 Å². The van der Waals surface area contributed by atoms with Crippen molar-refractivity contribution in [1.82, 2.24) is 9.97 Å². The van der Waals surface area contributed by atoms with Gasteiger partial charge in [0.05, 0.1) is 18.1 Å². The number of hydrogen-bond donors (Lipinski definition) is 3. The zero-order valence-corrected chi connectivity index (χ0v) is 8.49. The molecule has 1 aromatic heterocycles. The summed E-state index contributed by atoms with van der Waals surface area (Å²) in [6.07, 6.45) is 3.73. The van der Waals surface area contributed by atoms with E-state index in [2.05, 4.69) is 15.3 Å². The van der Waals surface area contributed by atoms with E-state index in [-0.39, 0.29) is 12.1 Å². The molecule has 4 N–H and O–H groups in total. The summed E-state index contributed by atoms with van der Waals surface area (Å²) in [6.45, 7) is 4.08. The predicted molar refractivity (Wildman–Crippen MR) is 55.8 cm³/mol. The number of nitrogens with one attached hydrogen (secondary N) is 1. The maximum atomic E-state index is 8.82. The van der Waals surface area contributed by atoms with Crippen molar-refractivity contribution in [2.24, 2.45) is 0 Å². The van der Waals surface area contributed by atoms with Gasteiger partial charge in [-0.3, -0.25) is 0 Å². The molecule has 1 heterocycles. The van der Waals surface area contributed by atoms with Crippen molar-refractivity contribution in [3.8, 4) is 0 Å². The SMILES string of the molecule is CC(C)(CCO)Nc1ncc(N)cn1. The highest BCUT2D eigenvalue weighted by Gasteiger charge is 2.17. The fraction of sp³-hybridized carbons (Fsp3) is 0.556. The number of aliphatic hydroxyl groups excluding tert-OH is 1. The van der Waals surface area contributed by atoms with Crippen molar-refractivity contribution >= 4 is 11.6 Å². The molecule has 0 unspecified atom stereocenters. The van der Waals surface area contributed by atoms with Gasteiger partial charge in [-0.05, 0) is 20.3 Å². The summed E-state index contributed by atoms with van der Waals surface area (Å²) < 4.78 is 0. The Morgan fingerprint density at radius 3 is 2.50 bits per heavy atom. The predicted octanol–water partition coefficient (Wildman–Crippen LogP) is 0.632. The van der Waals surface area contributed by atoms with E-state index in [0.717, 1.165) is 0 Å². The lowest BCUT2D eigenvalue weighted by atomic mass is 10.0. The number of rotatable bonds is 4. The van der Waals surface area contributed by atoms with Crippen LogP contribution in [0.2, 0.25) is 0 Å². The molecular formula is C9H16N4O. The first kappa shape index (κ1) is 10.7. The first-order valence-electron chi connectivity index (χ1n) is 4.50. The molecule has 0 amide bonds. The Bertz CT molecular complexity index is 283. The molecule has 0 aliphatic heterocycles. The van der Waals surface area contributed by atoms with Gasteiger partial charge in [-0.15, -0.1) is 0 Å². The Balaban J connectivity index is 2.64. The van der Waals surface area contributed by atoms with E-state index in [1.807, 2.05) is 13.8 Å². The molecule has 0 spiro atoms. The van der Waals surface area contributed by atoms with E-state index in [0.29, 0.717) is 18.1 Å². The summed E-state index contributed by atoms with van der Waals surface area (Å²) in [5.41, 5.74) is 5.78. The summed E-state index contributed by atoms with van der Waals surface area (Å²) in [7, 11) is 0. The highest BCUT2D eigenvalue weighted by Crippen LogP contribution is 2.14. The largest absolute Gasteiger partial charge is 0.396 e. The van der Waals surface area contributed by atoms with Crippen molar-refractivity contribution in [2.75, 3.05) is 17.7 Å². The van der Waals surface area contributed by atoms with Crippen LogP contribution >= 0.6 is 0 Å². The Labute approximate surface area is 83.4 Å². The number of nitrogens with two attached hydrogens (primary N) is 1. The Kier molecular flexibility index (Phi) is 3.24. The first-order chi connectivity index (χ1) is 6.53. The molecule has 0 saturated heterocycles. The number of nitrogen functional groups attached to an aromatic ring is 1. The summed E-state index contributed by atoms with van der Waals surface area (Å²) in [4.78, 5) is 8.03. The van der Waals surface area contributed by atoms with E-state index >= 15 is 0 Å². The summed E-state index contributed by atoms with van der Waals surface area (Å²) in [5, 5.41) is 11.9. The summed E-state index contributed by atoms with van der Waals surface area (Å²) in [5.74, 6) is 0.526. The summed E-state index contributed by atoms with van der Waals surface area (Å²) in [6, 6.07) is 0. The van der Waals surface area contributed by atoms with Crippen LogP contribution in [0.3, 0.4) is 0 Å². The first-order valence-corrected chi connectivity index (χ1v) is 4.50. The van der Waals surface area contributed by atoms with Crippen LogP contribution in [0, 0.1) is 0 Å². The molecule has 5 nitrogen and oxygen atoms in total. The number of aliphatic hydroxyl groups is 1. The molecule has 0 saturated carbocycles. The molecular weight excluding hydrogens is 180 g/mol. The second kappa shape index (κ2) is 4.23. The number of nitrogens with zero attached hydrogens (tertiary/aromatic N) is 2. The van der Waals surface area contributed by atoms with Crippen LogP contribution in [0.15, 0.2) is 12.4 Å². The highest BCUT2D eigenvalue weighted by atomic mass is 16.3. The second-order valence-electron chi connectivity index (χ2n) is 3.82. The minimum absolute atomic E-state index is 0.134. The molecule has 0 aliphatic rings. The molecule has 1 rings (SSSR count). The van der Waals surface area contributed by atoms with E-state index in [4.69, 9.17) is 10.8 Å². The van der Waals surface area contributed by atoms with Gasteiger partial charge in [-0.25, -0.2) is 9.97 Å². The fourth-order valence-electron chi connectivity index (χ4n) is 1.05. The van der Waals surface area contributed by atoms with Crippen molar-refractivity contribution in [3.63, 3.8) is 0 Å². The number of aromatic nitrogens is 2. The lowest BCUT2D eigenvalue weighted by Crippen LogP contribution is -2.32. The molecule has 0 aromatic carbocycles. The molecule has 0 bridgehead atoms. The van der Waals surface area contributed by atoms with E-state index < -0.39 is 0 Å². The minimum atomic E-state index is -0.217. The maximum absolute atomic E-state index is 8.82. The van der Waals surface area contributed by atoms with Gasteiger partial charge in [-0.2, -0.15) is 0 Å². The normalized spacial score (nSPS) is 11.4. The third-order valence-electron chi connectivity index (χ3n) is 1.86. The Morgan fingerprint density at radius 2 is 2.00 bits per heavy atom. The van der Waals surface area contributed by atoms with Crippen LogP contribution in [0.1, 0.15) is 20.3 Å². The van der Waals surface area contributed by atoms with E-state index in [9.17, 15) is 0 Å². The number of hydrogen-bond acceptors (Lipinski definition) is 5. The van der Waals surface area contributed by atoms with Gasteiger partial charge in [-0.1, -0.05) is 0 Å². The quantitative estimate of drug-likeness (QED) is 0.657. The molecule has 0 atom stereocenters. The van der Waals surface area contributed by atoms with Gasteiger partial charge in [0.15, 0.2) is 0 Å². The zero-order valence-electron chi connectivity index (χ0n) is 8.49. The maximum Gasteiger partial charge on any atom is 0.223 e. The van der Waals surface area contributed by atoms with Crippen LogP contribution < -0.4 is 11.1 Å². The van der Waals surface area contributed by atoms with Crippen molar-refractivity contribution in [1.29, 1.82) is 0 Å². The lowest BCUT2D eigenvalue weighted by molar-refractivity contribution is 0.260. The van der Waals surface area contributed by atoms with Crippen LogP contribution in [0.4, 0.5) is 11.6 Å². The zero-order chi connectivity index (χ0) is 10.6. The third-order valence-corrected chi connectivity index (χ3v) is 1.86. The lowest BCUT2D eigenvalue weighted by Gasteiger charge is -2.25. The van der Waals surface area contributed by atoms with E-state index in [1.54, 1.807) is 12.4 Å². The molecule has 14 heavy (non-hydrogen) atoms. The fourth-order valence-corrected chi connectivity index (χ4v) is 1.05. The smallest absolute Gasteiger partial charge is 0.223 e. The van der Waals surface area contributed by atoms with Crippen LogP contribution in [-0.2, 0) is 0 Å². The Morgan fingerprint density at radius 1 is 1.43 bits per heavy atom. The number of anilines is 2. The molecule has 5 heteroatoms. The van der Waals surface area contributed by atoms with Crippen molar-refractivity contribution in [3.05, 3.63) is 12.4 Å². The van der Waals surface area contributed by atoms with Gasteiger partial charge < -0.3 is 16.2 Å². The third kappa shape index (κ3) is 3.18. The Hall–Kier alpha value is -1.36. The second-order valence-corrected chi connectivity index (χ2v) is 3.82. The monoisotopic (exact) mass is 196 g/mol. The minimum Gasteiger partial charge on any atom is -0.396 e. The van der Waals surface area contributed by atoms with Crippen LogP contribution in [0.25, 0.3) is 0 Å². The van der Waals surface area contributed by atoms with Gasteiger partial charge in [0, 0.05) is 12.1 Å². The molecule has 0 aliphatic carbocycles. The standard InChI is InChI=1S/C9H16N4O/c1-9(2,3-4-14)13-8-11-5-7(10)6-12-8/h5-6,14H,3-4,10H2,1-2H3,(H,11,12,13). The van der Waals surface area contributed by atoms with Gasteiger partial charge in [0.25, 0.3) is 0 Å². The van der Waals surface area contributed by atoms with Gasteiger partial charge in [0.2, 0.25) is 5.95 Å². The molecule has 0 fully saturated rings. The average Bonchev–Trinajstić information content (AvgIpc) is 2.08. The summed E-state index contributed by atoms with van der Waals surface area (Å²) >= 11 is 0. The highest BCUT2D eigenvalue weighted by molar-refractivity contribution is 5.37. The topological polar surface area (TPSA) is 84.1 Å². The molecule has 0 radical (unpaired) electrons. The van der Waals surface area contributed by atoms with Crippen LogP contribution in [-0.4, -0.2) is 27.2 Å². The average molecular weight is 196 g/mol. The molecule has 78 valence electrons. The molecule has 1 aromatic rings. The van der Waals surface area contributed by atoms with E-state index in [1.165, 1.54) is 0 Å². The van der Waals surface area contributed by atoms with Gasteiger partial charge in [0.1, 0.15) is 0 Å². The van der Waals surface area contributed by atoms with Gasteiger partial charge >= 0.3 is 0 Å². The van der Waals surface area contributed by atoms with Crippen molar-refractivity contribution < 1.29 is 5.11 Å². The van der Waals surface area contributed by atoms with Crippen LogP contribution in [0.5, 0.6) is 0 Å².